The molecule has 3 fully saturated rings. The molecule has 1 aliphatic carbocycles. The van der Waals surface area contributed by atoms with E-state index >= 15 is 0 Å². The first-order chi connectivity index (χ1) is 13.7. The molecule has 2 heterocycles. The van der Waals surface area contributed by atoms with Crippen molar-refractivity contribution in [3.05, 3.63) is 29.8 Å². The van der Waals surface area contributed by atoms with E-state index in [2.05, 4.69) is 0 Å². The molecule has 0 atom stereocenters. The molecule has 3 aliphatic rings. The monoisotopic (exact) mass is 386 g/mol. The number of rotatable bonds is 5. The lowest BCUT2D eigenvalue weighted by atomic mass is 9.83. The maximum absolute atomic E-state index is 12.8. The summed E-state index contributed by atoms with van der Waals surface area (Å²) < 4.78 is 11.4. The first-order valence-electron chi connectivity index (χ1n) is 10.6. The topological polar surface area (TPSA) is 59.1 Å². The van der Waals surface area contributed by atoms with Crippen molar-refractivity contribution in [1.82, 2.24) is 9.80 Å². The van der Waals surface area contributed by atoms with Crippen LogP contribution in [0.25, 0.3) is 0 Å². The smallest absolute Gasteiger partial charge is 0.257 e. The summed E-state index contributed by atoms with van der Waals surface area (Å²) in [5.74, 6) is 1.74. The Hall–Kier alpha value is -2.08. The van der Waals surface area contributed by atoms with Crippen molar-refractivity contribution in [3.8, 4) is 5.75 Å². The van der Waals surface area contributed by atoms with Crippen LogP contribution in [0, 0.1) is 11.8 Å². The minimum absolute atomic E-state index is 0.0137. The molecule has 0 spiro atoms. The zero-order valence-electron chi connectivity index (χ0n) is 16.5. The molecule has 1 aromatic carbocycles. The fourth-order valence-electron chi connectivity index (χ4n) is 4.15. The number of hydrogen-bond acceptors (Lipinski definition) is 4. The molecule has 0 unspecified atom stereocenters. The molecule has 6 heteroatoms. The average Bonchev–Trinajstić information content (AvgIpc) is 2.71. The van der Waals surface area contributed by atoms with E-state index in [1.165, 1.54) is 6.42 Å². The van der Waals surface area contributed by atoms with E-state index in [0.717, 1.165) is 38.8 Å². The molecule has 6 nitrogen and oxygen atoms in total. The third-order valence-corrected chi connectivity index (χ3v) is 6.27. The van der Waals surface area contributed by atoms with Gasteiger partial charge in [0.15, 0.2) is 0 Å². The highest BCUT2D eigenvalue weighted by Gasteiger charge is 2.32. The van der Waals surface area contributed by atoms with E-state index < -0.39 is 0 Å². The highest BCUT2D eigenvalue weighted by Crippen LogP contribution is 2.30. The molecule has 0 bridgehead atoms. The van der Waals surface area contributed by atoms with Crippen molar-refractivity contribution < 1.29 is 19.1 Å². The van der Waals surface area contributed by atoms with E-state index in [1.54, 1.807) is 0 Å². The minimum Gasteiger partial charge on any atom is -0.492 e. The average molecular weight is 386 g/mol. The molecule has 0 radical (unpaired) electrons. The summed E-state index contributed by atoms with van der Waals surface area (Å²) in [4.78, 5) is 29.1. The van der Waals surface area contributed by atoms with Gasteiger partial charge < -0.3 is 19.3 Å². The second-order valence-corrected chi connectivity index (χ2v) is 8.11. The number of morpholine rings is 1. The SMILES string of the molecule is O=C(c1ccccc1OCC1CCN(C(=O)C2CCC2)CC1)N1CCOCC1. The van der Waals surface area contributed by atoms with Gasteiger partial charge in [-0.25, -0.2) is 0 Å². The lowest BCUT2D eigenvalue weighted by Gasteiger charge is -2.36. The Morgan fingerprint density at radius 1 is 0.964 bits per heavy atom. The van der Waals surface area contributed by atoms with E-state index in [1.807, 2.05) is 34.1 Å². The highest BCUT2D eigenvalue weighted by atomic mass is 16.5. The summed E-state index contributed by atoms with van der Waals surface area (Å²) in [6.07, 6.45) is 5.27. The van der Waals surface area contributed by atoms with Crippen LogP contribution in [-0.4, -0.2) is 67.6 Å². The summed E-state index contributed by atoms with van der Waals surface area (Å²) in [5, 5.41) is 0. The normalized spacial score (nSPS) is 21.3. The molecule has 2 amide bonds. The van der Waals surface area contributed by atoms with Crippen molar-refractivity contribution in [2.24, 2.45) is 11.8 Å². The molecule has 2 aliphatic heterocycles. The molecule has 2 saturated heterocycles. The lowest BCUT2D eigenvalue weighted by molar-refractivity contribution is -0.139. The summed E-state index contributed by atoms with van der Waals surface area (Å²) in [6.45, 7) is 4.69. The Kier molecular flexibility index (Phi) is 6.15. The van der Waals surface area contributed by atoms with E-state index in [4.69, 9.17) is 9.47 Å². The maximum Gasteiger partial charge on any atom is 0.257 e. The fraction of sp³-hybridized carbons (Fsp3) is 0.636. The predicted octanol–water partition coefficient (Wildman–Crippen LogP) is 2.58. The Morgan fingerprint density at radius 3 is 2.36 bits per heavy atom. The summed E-state index contributed by atoms with van der Waals surface area (Å²) >= 11 is 0. The second-order valence-electron chi connectivity index (χ2n) is 8.11. The number of carbonyl (C=O) groups excluding carboxylic acids is 2. The van der Waals surface area contributed by atoms with Crippen LogP contribution >= 0.6 is 0 Å². The third-order valence-electron chi connectivity index (χ3n) is 6.27. The third kappa shape index (κ3) is 4.32. The largest absolute Gasteiger partial charge is 0.492 e. The van der Waals surface area contributed by atoms with Gasteiger partial charge in [-0.3, -0.25) is 9.59 Å². The van der Waals surface area contributed by atoms with Gasteiger partial charge in [-0.1, -0.05) is 18.6 Å². The Bertz CT molecular complexity index is 690. The van der Waals surface area contributed by atoms with Gasteiger partial charge in [0, 0.05) is 32.1 Å². The van der Waals surface area contributed by atoms with Crippen LogP contribution in [0.2, 0.25) is 0 Å². The Labute approximate surface area is 166 Å². The van der Waals surface area contributed by atoms with Crippen molar-refractivity contribution in [1.29, 1.82) is 0 Å². The number of amides is 2. The van der Waals surface area contributed by atoms with Gasteiger partial charge in [0.05, 0.1) is 25.4 Å². The van der Waals surface area contributed by atoms with E-state index in [0.29, 0.717) is 56.0 Å². The van der Waals surface area contributed by atoms with Gasteiger partial charge in [-0.15, -0.1) is 0 Å². The van der Waals surface area contributed by atoms with Crippen LogP contribution in [0.4, 0.5) is 0 Å². The Morgan fingerprint density at radius 2 is 1.68 bits per heavy atom. The molecule has 0 aromatic heterocycles. The number of piperidine rings is 1. The van der Waals surface area contributed by atoms with Crippen LogP contribution in [0.15, 0.2) is 24.3 Å². The minimum atomic E-state index is 0.0137. The van der Waals surface area contributed by atoms with Gasteiger partial charge in [-0.2, -0.15) is 0 Å². The maximum atomic E-state index is 12.8. The second kappa shape index (κ2) is 8.95. The van der Waals surface area contributed by atoms with Gasteiger partial charge in [0.1, 0.15) is 5.75 Å². The van der Waals surface area contributed by atoms with Crippen LogP contribution < -0.4 is 4.74 Å². The fourth-order valence-corrected chi connectivity index (χ4v) is 4.15. The molecule has 4 rings (SSSR count). The first kappa shape index (κ1) is 19.2. The number of para-hydroxylation sites is 1. The Balaban J connectivity index is 1.29. The quantitative estimate of drug-likeness (QED) is 0.780. The van der Waals surface area contributed by atoms with Crippen molar-refractivity contribution in [2.75, 3.05) is 46.0 Å². The molecular weight excluding hydrogens is 356 g/mol. The number of carbonyl (C=O) groups is 2. The number of benzene rings is 1. The van der Waals surface area contributed by atoms with E-state index in [9.17, 15) is 9.59 Å². The number of hydrogen-bond donors (Lipinski definition) is 0. The zero-order chi connectivity index (χ0) is 19.3. The van der Waals surface area contributed by atoms with Crippen LogP contribution in [0.1, 0.15) is 42.5 Å². The van der Waals surface area contributed by atoms with Crippen molar-refractivity contribution in [3.63, 3.8) is 0 Å². The number of ether oxygens (including phenoxy) is 2. The summed E-state index contributed by atoms with van der Waals surface area (Å²) in [7, 11) is 0. The zero-order valence-corrected chi connectivity index (χ0v) is 16.5. The molecule has 28 heavy (non-hydrogen) atoms. The standard InChI is InChI=1S/C22H30N2O4/c25-21(18-4-3-5-18)23-10-8-17(9-11-23)16-28-20-7-2-1-6-19(20)22(26)24-12-14-27-15-13-24/h1-2,6-7,17-18H,3-5,8-16H2. The van der Waals surface area contributed by atoms with Gasteiger partial charge in [0.25, 0.3) is 5.91 Å². The van der Waals surface area contributed by atoms with Gasteiger partial charge >= 0.3 is 0 Å². The van der Waals surface area contributed by atoms with Crippen LogP contribution in [-0.2, 0) is 9.53 Å². The van der Waals surface area contributed by atoms with Crippen molar-refractivity contribution in [2.45, 2.75) is 32.1 Å². The molecule has 0 N–H and O–H groups in total. The number of likely N-dealkylation sites (tertiary alicyclic amines) is 1. The van der Waals surface area contributed by atoms with Gasteiger partial charge in [0.2, 0.25) is 5.91 Å². The van der Waals surface area contributed by atoms with Crippen LogP contribution in [0.5, 0.6) is 5.75 Å². The molecule has 1 aromatic rings. The predicted molar refractivity (Wildman–Crippen MR) is 105 cm³/mol. The molecule has 1 saturated carbocycles. The van der Waals surface area contributed by atoms with Crippen molar-refractivity contribution >= 4 is 11.8 Å². The molecule has 152 valence electrons. The van der Waals surface area contributed by atoms with Crippen LogP contribution in [0.3, 0.4) is 0 Å². The summed E-state index contributed by atoms with van der Waals surface area (Å²) in [6, 6.07) is 7.51. The van der Waals surface area contributed by atoms with Gasteiger partial charge in [-0.05, 0) is 43.7 Å². The highest BCUT2D eigenvalue weighted by molar-refractivity contribution is 5.97. The number of nitrogens with zero attached hydrogens (tertiary/aromatic N) is 2. The van der Waals surface area contributed by atoms with E-state index in [-0.39, 0.29) is 11.8 Å². The first-order valence-corrected chi connectivity index (χ1v) is 10.6. The summed E-state index contributed by atoms with van der Waals surface area (Å²) in [5.41, 5.74) is 0.627. The molecular formula is C22H30N2O4. The lowest BCUT2D eigenvalue weighted by Crippen LogP contribution is -2.44.